The summed E-state index contributed by atoms with van der Waals surface area (Å²) < 4.78 is 30.7. The molecule has 0 aliphatic carbocycles. The minimum atomic E-state index is -4.17. The van der Waals surface area contributed by atoms with Gasteiger partial charge in [0.15, 0.2) is 0 Å². The van der Waals surface area contributed by atoms with E-state index in [1.807, 2.05) is 0 Å². The van der Waals surface area contributed by atoms with E-state index in [2.05, 4.69) is 27.3 Å². The first-order chi connectivity index (χ1) is 8.87. The largest absolute Gasteiger partial charge is 0.397 e. The number of hydrogen-bond acceptors (Lipinski definition) is 3. The van der Waals surface area contributed by atoms with Crippen LogP contribution in [0.25, 0.3) is 0 Å². The van der Waals surface area contributed by atoms with Gasteiger partial charge >= 0.3 is 10.4 Å². The fourth-order valence-corrected chi connectivity index (χ4v) is 2.54. The van der Waals surface area contributed by atoms with Gasteiger partial charge in [0.25, 0.3) is 0 Å². The monoisotopic (exact) mass is 314 g/mol. The number of hydrogen-bond donors (Lipinski definition) is 1. The van der Waals surface area contributed by atoms with E-state index in [0.29, 0.717) is 0 Å². The molecule has 0 aromatic rings. The first-order valence-electron chi connectivity index (χ1n) is 7.19. The molecule has 0 aromatic heterocycles. The lowest BCUT2D eigenvalue weighted by Gasteiger charge is -2.08. The van der Waals surface area contributed by atoms with Crippen LogP contribution in [0.4, 0.5) is 0 Å². The SMILES string of the molecule is CCCCCCCC(C)CCP.CCOS(=O)(=O)O. The highest BCUT2D eigenvalue weighted by Gasteiger charge is 1.99. The van der Waals surface area contributed by atoms with Crippen LogP contribution in [0.5, 0.6) is 0 Å². The maximum absolute atomic E-state index is 9.56. The van der Waals surface area contributed by atoms with Gasteiger partial charge in [-0.1, -0.05) is 52.4 Å². The topological polar surface area (TPSA) is 63.6 Å². The summed E-state index contributed by atoms with van der Waals surface area (Å²) in [7, 11) is -1.36. The van der Waals surface area contributed by atoms with Crippen LogP contribution in [0.2, 0.25) is 0 Å². The Morgan fingerprint density at radius 1 is 1.11 bits per heavy atom. The summed E-state index contributed by atoms with van der Waals surface area (Å²) in [5.41, 5.74) is 0. The molecule has 0 rings (SSSR count). The van der Waals surface area contributed by atoms with E-state index in [0.717, 1.165) is 5.92 Å². The maximum Gasteiger partial charge on any atom is 0.397 e. The molecule has 0 heterocycles. The summed E-state index contributed by atoms with van der Waals surface area (Å²) in [5.74, 6) is 0.948. The normalized spacial score (nSPS) is 12.7. The average molecular weight is 314 g/mol. The Bertz CT molecular complexity index is 268. The van der Waals surface area contributed by atoms with Gasteiger partial charge in [-0.25, -0.2) is 4.18 Å². The molecule has 0 aliphatic heterocycles. The van der Waals surface area contributed by atoms with Crippen molar-refractivity contribution in [3.05, 3.63) is 0 Å². The first-order valence-corrected chi connectivity index (χ1v) is 9.37. The minimum Gasteiger partial charge on any atom is -0.264 e. The van der Waals surface area contributed by atoms with Crippen molar-refractivity contribution in [3.63, 3.8) is 0 Å². The predicted molar refractivity (Wildman–Crippen MR) is 84.9 cm³/mol. The summed E-state index contributed by atoms with van der Waals surface area (Å²) >= 11 is 0. The van der Waals surface area contributed by atoms with Crippen molar-refractivity contribution in [2.45, 2.75) is 65.7 Å². The van der Waals surface area contributed by atoms with Crippen LogP contribution in [-0.4, -0.2) is 25.7 Å². The van der Waals surface area contributed by atoms with E-state index in [-0.39, 0.29) is 6.61 Å². The van der Waals surface area contributed by atoms with Crippen molar-refractivity contribution in [1.82, 2.24) is 0 Å². The number of rotatable bonds is 10. The van der Waals surface area contributed by atoms with Gasteiger partial charge in [-0.15, -0.1) is 9.24 Å². The molecule has 6 heteroatoms. The molecule has 118 valence electrons. The van der Waals surface area contributed by atoms with E-state index >= 15 is 0 Å². The van der Waals surface area contributed by atoms with Crippen LogP contribution < -0.4 is 0 Å². The van der Waals surface area contributed by atoms with E-state index in [4.69, 9.17) is 4.55 Å². The van der Waals surface area contributed by atoms with Crippen molar-refractivity contribution >= 4 is 19.6 Å². The molecule has 2 unspecified atom stereocenters. The molecule has 1 N–H and O–H groups in total. The van der Waals surface area contributed by atoms with Crippen LogP contribution in [0.3, 0.4) is 0 Å². The Morgan fingerprint density at radius 3 is 2.05 bits per heavy atom. The van der Waals surface area contributed by atoms with Gasteiger partial charge in [-0.05, 0) is 25.4 Å². The van der Waals surface area contributed by atoms with Crippen molar-refractivity contribution in [2.24, 2.45) is 5.92 Å². The molecular formula is C13H31O4PS. The second-order valence-electron chi connectivity index (χ2n) is 4.72. The molecule has 0 radical (unpaired) electrons. The highest BCUT2D eigenvalue weighted by atomic mass is 32.3. The van der Waals surface area contributed by atoms with Crippen LogP contribution >= 0.6 is 9.24 Å². The lowest BCUT2D eigenvalue weighted by atomic mass is 10.00. The maximum atomic E-state index is 9.56. The number of unbranched alkanes of at least 4 members (excludes halogenated alkanes) is 4. The fraction of sp³-hybridized carbons (Fsp3) is 1.00. The third kappa shape index (κ3) is 23.8. The van der Waals surface area contributed by atoms with Crippen molar-refractivity contribution < 1.29 is 17.2 Å². The summed E-state index contributed by atoms with van der Waals surface area (Å²) in [5, 5.41) is 0. The zero-order valence-corrected chi connectivity index (χ0v) is 14.6. The molecular weight excluding hydrogens is 283 g/mol. The van der Waals surface area contributed by atoms with Crippen molar-refractivity contribution in [3.8, 4) is 0 Å². The molecule has 2 atom stereocenters. The molecule has 0 amide bonds. The van der Waals surface area contributed by atoms with Gasteiger partial charge in [0.05, 0.1) is 6.61 Å². The first kappa shape index (κ1) is 21.6. The fourth-order valence-electron chi connectivity index (χ4n) is 1.67. The lowest BCUT2D eigenvalue weighted by molar-refractivity contribution is 0.283. The Labute approximate surface area is 121 Å². The van der Waals surface area contributed by atoms with Crippen LogP contribution in [0.15, 0.2) is 0 Å². The zero-order valence-electron chi connectivity index (χ0n) is 12.6. The van der Waals surface area contributed by atoms with Gasteiger partial charge in [-0.3, -0.25) is 4.55 Å². The highest BCUT2D eigenvalue weighted by Crippen LogP contribution is 2.14. The summed E-state index contributed by atoms with van der Waals surface area (Å²) in [4.78, 5) is 0. The molecule has 0 aliphatic rings. The molecule has 0 aromatic carbocycles. The molecule has 0 saturated carbocycles. The van der Waals surface area contributed by atoms with E-state index in [9.17, 15) is 8.42 Å². The van der Waals surface area contributed by atoms with Crippen molar-refractivity contribution in [2.75, 3.05) is 12.8 Å². The second kappa shape index (κ2) is 14.7. The Hall–Kier alpha value is 0.300. The van der Waals surface area contributed by atoms with Gasteiger partial charge in [0.1, 0.15) is 0 Å². The second-order valence-corrected chi connectivity index (χ2v) is 6.39. The molecule has 0 saturated heterocycles. The standard InChI is InChI=1S/C11H25P.C2H6O4S/c1-3-4-5-6-7-8-11(2)9-10-12;1-2-6-7(3,4)5/h11H,3-10,12H2,1-2H3;2H2,1H3,(H,3,4,5). The highest BCUT2D eigenvalue weighted by molar-refractivity contribution is 7.80. The van der Waals surface area contributed by atoms with Crippen LogP contribution in [0, 0.1) is 5.92 Å². The molecule has 0 spiro atoms. The van der Waals surface area contributed by atoms with Gasteiger partial charge < -0.3 is 0 Å². The summed E-state index contributed by atoms with van der Waals surface area (Å²) in [6.45, 7) is 6.09. The van der Waals surface area contributed by atoms with Gasteiger partial charge in [0.2, 0.25) is 0 Å². The third-order valence-electron chi connectivity index (χ3n) is 2.73. The lowest BCUT2D eigenvalue weighted by Crippen LogP contribution is -2.01. The molecule has 4 nitrogen and oxygen atoms in total. The smallest absolute Gasteiger partial charge is 0.264 e. The van der Waals surface area contributed by atoms with E-state index in [1.54, 1.807) is 0 Å². The molecule has 0 bridgehead atoms. The third-order valence-corrected chi connectivity index (χ3v) is 3.59. The summed E-state index contributed by atoms with van der Waals surface area (Å²) in [6.07, 6.45) is 11.2. The predicted octanol–water partition coefficient (Wildman–Crippen LogP) is 4.07. The molecule has 19 heavy (non-hydrogen) atoms. The minimum absolute atomic E-state index is 0.0289. The van der Waals surface area contributed by atoms with Crippen LogP contribution in [0.1, 0.15) is 65.7 Å². The molecule has 0 fully saturated rings. The Balaban J connectivity index is 0. The van der Waals surface area contributed by atoms with E-state index in [1.165, 1.54) is 58.0 Å². The van der Waals surface area contributed by atoms with Gasteiger partial charge in [-0.2, -0.15) is 8.42 Å². The Kier molecular flexibility index (Phi) is 16.7. The summed E-state index contributed by atoms with van der Waals surface area (Å²) in [6, 6.07) is 0. The Morgan fingerprint density at radius 2 is 1.68 bits per heavy atom. The average Bonchev–Trinajstić information content (AvgIpc) is 2.28. The zero-order chi connectivity index (χ0) is 15.1. The van der Waals surface area contributed by atoms with Crippen molar-refractivity contribution in [1.29, 1.82) is 0 Å². The quantitative estimate of drug-likeness (QED) is 0.375. The van der Waals surface area contributed by atoms with E-state index < -0.39 is 10.4 Å². The van der Waals surface area contributed by atoms with Crippen LogP contribution in [-0.2, 0) is 14.6 Å². The van der Waals surface area contributed by atoms with Gasteiger partial charge in [0, 0.05) is 0 Å².